The van der Waals surface area contributed by atoms with Crippen LogP contribution < -0.4 is 24.5 Å². The summed E-state index contributed by atoms with van der Waals surface area (Å²) in [4.78, 5) is 24.8. The van der Waals surface area contributed by atoms with Gasteiger partial charge in [-0.05, 0) is 86.0 Å². The van der Waals surface area contributed by atoms with E-state index in [1.165, 1.54) is 25.5 Å². The Morgan fingerprint density at radius 2 is 1.69 bits per heavy atom. The zero-order chi connectivity index (χ0) is 30.0. The number of hydrogen-bond acceptors (Lipinski definition) is 8. The maximum Gasteiger partial charge on any atom is 0.264 e. The molecule has 1 saturated heterocycles. The molecular weight excluding hydrogens is 560 g/mol. The van der Waals surface area contributed by atoms with Gasteiger partial charge in [0.1, 0.15) is 18.0 Å². The Morgan fingerprint density at radius 1 is 1.00 bits per heavy atom. The quantitative estimate of drug-likeness (QED) is 0.229. The van der Waals surface area contributed by atoms with Crippen LogP contribution in [0.25, 0.3) is 0 Å². The molecule has 222 valence electrons. The monoisotopic (exact) mass is 594 g/mol. The topological polar surface area (TPSA) is 136 Å². The van der Waals surface area contributed by atoms with E-state index in [2.05, 4.69) is 15.8 Å². The highest BCUT2D eigenvalue weighted by Gasteiger charge is 2.27. The number of sulfonamides is 1. The molecule has 2 amide bonds. The minimum absolute atomic E-state index is 0.0165. The lowest BCUT2D eigenvalue weighted by Crippen LogP contribution is -2.39. The second kappa shape index (κ2) is 14.5. The highest BCUT2D eigenvalue weighted by molar-refractivity contribution is 7.92. The minimum atomic E-state index is -4.07. The summed E-state index contributed by atoms with van der Waals surface area (Å²) >= 11 is 0. The number of anilines is 1. The van der Waals surface area contributed by atoms with Crippen molar-refractivity contribution < 1.29 is 32.2 Å². The number of hydrogen-bond donors (Lipinski definition) is 2. The second-order valence-corrected chi connectivity index (χ2v) is 11.5. The molecule has 1 aliphatic heterocycles. The van der Waals surface area contributed by atoms with E-state index in [4.69, 9.17) is 14.2 Å². The predicted octanol–water partition coefficient (Wildman–Crippen LogP) is 3.02. The number of amides is 2. The number of aryl methyl sites for hydroxylation is 1. The first-order chi connectivity index (χ1) is 20.2. The average molecular weight is 595 g/mol. The zero-order valence-corrected chi connectivity index (χ0v) is 24.3. The molecule has 4 rings (SSSR count). The first kappa shape index (κ1) is 30.5. The Bertz CT molecular complexity index is 1470. The molecule has 3 aromatic carbocycles. The molecule has 11 nitrogen and oxygen atoms in total. The van der Waals surface area contributed by atoms with E-state index < -0.39 is 22.5 Å². The number of nitrogens with zero attached hydrogens (tertiary/aromatic N) is 2. The average Bonchev–Trinajstić information content (AvgIpc) is 3.53. The maximum absolute atomic E-state index is 13.5. The first-order valence-electron chi connectivity index (χ1n) is 13.4. The molecular formula is C30H34N4O7S. The predicted molar refractivity (Wildman–Crippen MR) is 158 cm³/mol. The summed E-state index contributed by atoms with van der Waals surface area (Å²) in [5.41, 5.74) is 4.33. The highest BCUT2D eigenvalue weighted by atomic mass is 32.2. The third-order valence-corrected chi connectivity index (χ3v) is 8.25. The van der Waals surface area contributed by atoms with Gasteiger partial charge in [0, 0.05) is 13.2 Å². The van der Waals surface area contributed by atoms with Crippen molar-refractivity contribution in [2.45, 2.75) is 30.8 Å². The maximum atomic E-state index is 13.5. The summed E-state index contributed by atoms with van der Waals surface area (Å²) in [5.74, 6) is 0.157. The van der Waals surface area contributed by atoms with Gasteiger partial charge in [-0.1, -0.05) is 17.7 Å². The molecule has 1 heterocycles. The molecule has 0 radical (unpaired) electrons. The van der Waals surface area contributed by atoms with Crippen LogP contribution in [0, 0.1) is 6.92 Å². The number of carbonyl (C=O) groups is 2. The van der Waals surface area contributed by atoms with E-state index >= 15 is 0 Å². The normalized spacial score (nSPS) is 14.9. The number of ether oxygens (including phenoxy) is 3. The lowest BCUT2D eigenvalue weighted by Gasteiger charge is -2.24. The molecule has 1 fully saturated rings. The van der Waals surface area contributed by atoms with Gasteiger partial charge in [-0.3, -0.25) is 13.9 Å². The van der Waals surface area contributed by atoms with Gasteiger partial charge < -0.3 is 19.5 Å². The van der Waals surface area contributed by atoms with Gasteiger partial charge in [0.25, 0.3) is 21.8 Å². The van der Waals surface area contributed by atoms with Gasteiger partial charge in [-0.25, -0.2) is 13.8 Å². The molecule has 1 atom stereocenters. The van der Waals surface area contributed by atoms with Gasteiger partial charge in [0.05, 0.1) is 30.0 Å². The van der Waals surface area contributed by atoms with Crippen LogP contribution in [0.4, 0.5) is 5.69 Å². The molecule has 0 spiro atoms. The summed E-state index contributed by atoms with van der Waals surface area (Å²) in [6, 6.07) is 19.5. The van der Waals surface area contributed by atoms with E-state index in [9.17, 15) is 18.0 Å². The van der Waals surface area contributed by atoms with Crippen LogP contribution in [-0.4, -0.2) is 66.0 Å². The Labute approximate surface area is 245 Å². The highest BCUT2D eigenvalue weighted by Crippen LogP contribution is 2.25. The summed E-state index contributed by atoms with van der Waals surface area (Å²) < 4.78 is 44.1. The van der Waals surface area contributed by atoms with Gasteiger partial charge in [0.2, 0.25) is 0 Å². The summed E-state index contributed by atoms with van der Waals surface area (Å²) in [7, 11) is -2.58. The summed E-state index contributed by atoms with van der Waals surface area (Å²) in [6.07, 6.45) is 3.44. The van der Waals surface area contributed by atoms with E-state index in [0.717, 1.165) is 29.3 Å². The van der Waals surface area contributed by atoms with Crippen molar-refractivity contribution >= 4 is 33.7 Å². The van der Waals surface area contributed by atoms with Crippen LogP contribution in [0.3, 0.4) is 0 Å². The van der Waals surface area contributed by atoms with E-state index in [1.54, 1.807) is 60.7 Å². The van der Waals surface area contributed by atoms with Crippen molar-refractivity contribution in [1.82, 2.24) is 10.7 Å². The lowest BCUT2D eigenvalue weighted by molar-refractivity contribution is -0.123. The Balaban J connectivity index is 1.33. The number of hydrazone groups is 1. The molecule has 1 aliphatic rings. The fourth-order valence-electron chi connectivity index (χ4n) is 4.13. The third-order valence-electron chi connectivity index (χ3n) is 6.46. The first-order valence-corrected chi connectivity index (χ1v) is 14.8. The standard InChI is InChI=1S/C30H34N4O7S/c1-22-5-9-24(10-6-22)34(42(37,38)28-15-13-25(39-2)14-16-28)20-29(35)33-32-18-23-7-11-26(12-8-23)41-21-30(36)31-19-27-4-3-17-40-27/h5-16,18,27H,3-4,17,19-21H2,1-2H3,(H,31,36)(H,33,35)/b32-18+. The van der Waals surface area contributed by atoms with Crippen molar-refractivity contribution in [3.63, 3.8) is 0 Å². The van der Waals surface area contributed by atoms with Crippen molar-refractivity contribution in [2.75, 3.05) is 37.7 Å². The molecule has 0 aliphatic carbocycles. The van der Waals surface area contributed by atoms with Crippen LogP contribution in [0.15, 0.2) is 82.8 Å². The summed E-state index contributed by atoms with van der Waals surface area (Å²) in [5, 5.41) is 6.76. The molecule has 0 aromatic heterocycles. The van der Waals surface area contributed by atoms with Crippen LogP contribution in [-0.2, 0) is 24.3 Å². The largest absolute Gasteiger partial charge is 0.497 e. The molecule has 2 N–H and O–H groups in total. The van der Waals surface area contributed by atoms with Gasteiger partial charge in [-0.2, -0.15) is 5.10 Å². The number of rotatable bonds is 13. The fraction of sp³-hybridized carbons (Fsp3) is 0.300. The van der Waals surface area contributed by atoms with E-state index in [0.29, 0.717) is 29.3 Å². The van der Waals surface area contributed by atoms with Crippen molar-refractivity contribution in [1.29, 1.82) is 0 Å². The van der Waals surface area contributed by atoms with Crippen LogP contribution in [0.5, 0.6) is 11.5 Å². The fourth-order valence-corrected chi connectivity index (χ4v) is 5.55. The second-order valence-electron chi connectivity index (χ2n) is 9.61. The Hall–Kier alpha value is -4.42. The number of carbonyl (C=O) groups excluding carboxylic acids is 2. The van der Waals surface area contributed by atoms with E-state index in [1.807, 2.05) is 6.92 Å². The molecule has 0 bridgehead atoms. The van der Waals surface area contributed by atoms with Crippen molar-refractivity contribution in [3.05, 3.63) is 83.9 Å². The van der Waals surface area contributed by atoms with Crippen LogP contribution in [0.1, 0.15) is 24.0 Å². The molecule has 42 heavy (non-hydrogen) atoms. The third kappa shape index (κ3) is 8.54. The Kier molecular flexibility index (Phi) is 10.5. The van der Waals surface area contributed by atoms with Crippen LogP contribution >= 0.6 is 0 Å². The minimum Gasteiger partial charge on any atom is -0.497 e. The zero-order valence-electron chi connectivity index (χ0n) is 23.5. The van der Waals surface area contributed by atoms with Gasteiger partial charge in [-0.15, -0.1) is 0 Å². The van der Waals surface area contributed by atoms with Crippen LogP contribution in [0.2, 0.25) is 0 Å². The number of nitrogens with one attached hydrogen (secondary N) is 2. The lowest BCUT2D eigenvalue weighted by atomic mass is 10.2. The van der Waals surface area contributed by atoms with Gasteiger partial charge >= 0.3 is 0 Å². The van der Waals surface area contributed by atoms with Crippen molar-refractivity contribution in [2.24, 2.45) is 5.10 Å². The van der Waals surface area contributed by atoms with E-state index in [-0.39, 0.29) is 23.5 Å². The smallest absolute Gasteiger partial charge is 0.264 e. The molecule has 12 heteroatoms. The SMILES string of the molecule is COc1ccc(S(=O)(=O)N(CC(=O)N/N=C/c2ccc(OCC(=O)NCC3CCCO3)cc2)c2ccc(C)cc2)cc1. The molecule has 0 saturated carbocycles. The van der Waals surface area contributed by atoms with Crippen molar-refractivity contribution in [3.8, 4) is 11.5 Å². The summed E-state index contributed by atoms with van der Waals surface area (Å²) in [6.45, 7) is 2.48. The Morgan fingerprint density at radius 3 is 2.33 bits per heavy atom. The number of methoxy groups -OCH3 is 1. The number of benzene rings is 3. The molecule has 1 unspecified atom stereocenters. The van der Waals surface area contributed by atoms with Gasteiger partial charge in [0.15, 0.2) is 6.61 Å². The molecule has 3 aromatic rings.